The highest BCUT2D eigenvalue weighted by Gasteiger charge is 2.14. The van der Waals surface area contributed by atoms with Crippen LogP contribution in [0.25, 0.3) is 22.3 Å². The molecule has 3 aromatic rings. The van der Waals surface area contributed by atoms with Gasteiger partial charge >= 0.3 is 0 Å². The Kier molecular flexibility index (Phi) is 4.74. The molecule has 0 N–H and O–H groups in total. The third kappa shape index (κ3) is 2.86. The van der Waals surface area contributed by atoms with Crippen LogP contribution in [0, 0.1) is 0 Å². The Morgan fingerprint density at radius 2 is 1.12 bits per heavy atom. The Labute approximate surface area is 154 Å². The molecule has 3 aromatic carbocycles. The Bertz CT molecular complexity index is 893. The molecule has 0 unspecified atom stereocenters. The van der Waals surface area contributed by atoms with E-state index in [1.54, 1.807) is 0 Å². The van der Waals surface area contributed by atoms with Crippen LogP contribution in [0.4, 0.5) is 0 Å². The quantitative estimate of drug-likeness (QED) is 0.440. The maximum absolute atomic E-state index is 6.49. The van der Waals surface area contributed by atoms with Crippen molar-refractivity contribution in [2.75, 3.05) is 0 Å². The van der Waals surface area contributed by atoms with Gasteiger partial charge in [0.05, 0.1) is 0 Å². The van der Waals surface area contributed by atoms with Crippen molar-refractivity contribution >= 4 is 78.1 Å². The van der Waals surface area contributed by atoms with E-state index in [1.165, 1.54) is 38.4 Å². The lowest BCUT2D eigenvalue weighted by molar-refractivity contribution is 1.61. The lowest BCUT2D eigenvalue weighted by Gasteiger charge is -2.21. The summed E-state index contributed by atoms with van der Waals surface area (Å²) < 4.78 is 0. The maximum atomic E-state index is 6.49. The molecule has 0 bridgehead atoms. The molecule has 0 aliphatic rings. The van der Waals surface area contributed by atoms with Gasteiger partial charge in [0, 0.05) is 10.6 Å². The molecule has 3 rings (SSSR count). The Morgan fingerprint density at radius 3 is 1.71 bits per heavy atom. The lowest BCUT2D eigenvalue weighted by atomic mass is 9.59. The van der Waals surface area contributed by atoms with Gasteiger partial charge in [-0.1, -0.05) is 58.9 Å². The summed E-state index contributed by atoms with van der Waals surface area (Å²) in [6.07, 6.45) is 0. The predicted molar refractivity (Wildman–Crippen MR) is 123 cm³/mol. The standard InChI is InChI=1S/C18H18B5Cl/c19-14-13(15(20)17(22)18(23)16(14)21)10-6-7-12(24)11(8-10)9-4-2-1-3-5-9/h1-8H,19-23H2. The maximum Gasteiger partial charge on any atom is 0.139 e. The molecule has 6 heteroatoms. The van der Waals surface area contributed by atoms with E-state index in [1.807, 2.05) is 12.1 Å². The van der Waals surface area contributed by atoms with Gasteiger partial charge in [0.2, 0.25) is 0 Å². The van der Waals surface area contributed by atoms with Gasteiger partial charge in [0.25, 0.3) is 0 Å². The SMILES string of the molecule is Bc1c(B)c(B)c(-c2ccc(Cl)c(-c3ccccc3)c2)c(B)c1B. The van der Waals surface area contributed by atoms with Crippen molar-refractivity contribution < 1.29 is 0 Å². The van der Waals surface area contributed by atoms with Gasteiger partial charge in [-0.3, -0.25) is 0 Å². The number of benzene rings is 3. The van der Waals surface area contributed by atoms with E-state index in [9.17, 15) is 0 Å². The van der Waals surface area contributed by atoms with Crippen molar-refractivity contribution in [1.82, 2.24) is 0 Å². The largest absolute Gasteiger partial charge is 0.139 e. The first-order valence-electron chi connectivity index (χ1n) is 8.34. The Hall–Kier alpha value is -1.73. The van der Waals surface area contributed by atoms with E-state index >= 15 is 0 Å². The first-order chi connectivity index (χ1) is 11.4. The first kappa shape index (κ1) is 17.1. The van der Waals surface area contributed by atoms with Gasteiger partial charge < -0.3 is 0 Å². The molecule has 0 aliphatic carbocycles. The van der Waals surface area contributed by atoms with Crippen LogP contribution in [0.2, 0.25) is 5.02 Å². The van der Waals surface area contributed by atoms with Gasteiger partial charge in [0.15, 0.2) is 0 Å². The lowest BCUT2D eigenvalue weighted by Crippen LogP contribution is -2.55. The minimum atomic E-state index is 0.792. The number of rotatable bonds is 2. The molecule has 112 valence electrons. The zero-order valence-electron chi connectivity index (χ0n) is 15.0. The van der Waals surface area contributed by atoms with Crippen LogP contribution in [0.3, 0.4) is 0 Å². The summed E-state index contributed by atoms with van der Waals surface area (Å²) in [6, 6.07) is 16.7. The average molecular weight is 324 g/mol. The highest BCUT2D eigenvalue weighted by Crippen LogP contribution is 2.31. The molecular weight excluding hydrogens is 306 g/mol. The van der Waals surface area contributed by atoms with Crippen LogP contribution < -0.4 is 27.3 Å². The Morgan fingerprint density at radius 1 is 0.583 bits per heavy atom. The summed E-state index contributed by atoms with van der Waals surface area (Å²) in [5.41, 5.74) is 11.7. The summed E-state index contributed by atoms with van der Waals surface area (Å²) >= 11 is 6.49. The summed E-state index contributed by atoms with van der Waals surface area (Å²) in [5.74, 6) is 0. The second kappa shape index (κ2) is 6.65. The van der Waals surface area contributed by atoms with Crippen LogP contribution in [0.5, 0.6) is 0 Å². The molecular formula is C18H18B5Cl. The average Bonchev–Trinajstić information content (AvgIpc) is 2.60. The van der Waals surface area contributed by atoms with Gasteiger partial charge in [0.1, 0.15) is 39.2 Å². The molecule has 0 fully saturated rings. The van der Waals surface area contributed by atoms with Crippen molar-refractivity contribution in [3.8, 4) is 22.3 Å². The summed E-state index contributed by atoms with van der Waals surface area (Å²) in [6.45, 7) is 0. The fourth-order valence-corrected chi connectivity index (χ4v) is 3.68. The van der Waals surface area contributed by atoms with Gasteiger partial charge in [-0.25, -0.2) is 0 Å². The van der Waals surface area contributed by atoms with E-state index < -0.39 is 0 Å². The molecule has 0 heterocycles. The first-order valence-corrected chi connectivity index (χ1v) is 8.72. The number of halogens is 1. The molecule has 0 radical (unpaired) electrons. The Balaban J connectivity index is 2.26. The monoisotopic (exact) mass is 324 g/mol. The van der Waals surface area contributed by atoms with Crippen LogP contribution >= 0.6 is 11.6 Å². The van der Waals surface area contributed by atoms with Crippen molar-refractivity contribution in [3.05, 3.63) is 53.6 Å². The van der Waals surface area contributed by atoms with Gasteiger partial charge in [-0.15, -0.1) is 16.4 Å². The van der Waals surface area contributed by atoms with E-state index in [-0.39, 0.29) is 0 Å². The molecule has 0 aliphatic heterocycles. The summed E-state index contributed by atoms with van der Waals surface area (Å²) in [5, 5.41) is 0.792. The van der Waals surface area contributed by atoms with Gasteiger partial charge in [-0.05, 0) is 28.8 Å². The molecule has 0 saturated carbocycles. The van der Waals surface area contributed by atoms with Crippen LogP contribution in [0.1, 0.15) is 0 Å². The third-order valence-corrected chi connectivity index (χ3v) is 5.67. The zero-order chi connectivity index (χ0) is 17.4. The minimum absolute atomic E-state index is 0.792. The van der Waals surface area contributed by atoms with Crippen LogP contribution in [0.15, 0.2) is 48.5 Å². The van der Waals surface area contributed by atoms with Crippen molar-refractivity contribution in [3.63, 3.8) is 0 Å². The van der Waals surface area contributed by atoms with Crippen LogP contribution in [-0.4, -0.2) is 39.2 Å². The number of hydrogen-bond donors (Lipinski definition) is 0. The van der Waals surface area contributed by atoms with Crippen molar-refractivity contribution in [2.24, 2.45) is 0 Å². The highest BCUT2D eigenvalue weighted by molar-refractivity contribution is 6.68. The van der Waals surface area contributed by atoms with E-state index in [0.29, 0.717) is 0 Å². The fraction of sp³-hybridized carbons (Fsp3) is 0. The van der Waals surface area contributed by atoms with Crippen molar-refractivity contribution in [2.45, 2.75) is 0 Å². The normalized spacial score (nSPS) is 10.7. The van der Waals surface area contributed by atoms with E-state index in [2.05, 4.69) is 75.6 Å². The second-order valence-electron chi connectivity index (χ2n) is 6.56. The molecule has 0 spiro atoms. The summed E-state index contributed by atoms with van der Waals surface area (Å²) in [4.78, 5) is 0. The zero-order valence-corrected chi connectivity index (χ0v) is 15.8. The van der Waals surface area contributed by atoms with E-state index in [4.69, 9.17) is 11.6 Å². The molecule has 0 nitrogen and oxygen atoms in total. The minimum Gasteiger partial charge on any atom is -0.102 e. The number of hydrogen-bond acceptors (Lipinski definition) is 0. The molecule has 0 aromatic heterocycles. The van der Waals surface area contributed by atoms with Crippen LogP contribution in [-0.2, 0) is 0 Å². The highest BCUT2D eigenvalue weighted by atomic mass is 35.5. The molecule has 0 amide bonds. The smallest absolute Gasteiger partial charge is 0.102 e. The fourth-order valence-electron chi connectivity index (χ4n) is 3.45. The third-order valence-electron chi connectivity index (χ3n) is 5.34. The molecule has 24 heavy (non-hydrogen) atoms. The molecule has 0 saturated heterocycles. The van der Waals surface area contributed by atoms with E-state index in [0.717, 1.165) is 16.1 Å². The second-order valence-corrected chi connectivity index (χ2v) is 6.97. The topological polar surface area (TPSA) is 0 Å². The summed E-state index contributed by atoms with van der Waals surface area (Å²) in [7, 11) is 11.1. The van der Waals surface area contributed by atoms with Crippen molar-refractivity contribution in [1.29, 1.82) is 0 Å². The van der Waals surface area contributed by atoms with Gasteiger partial charge in [-0.2, -0.15) is 0 Å². The molecule has 0 atom stereocenters. The predicted octanol–water partition coefficient (Wildman–Crippen LogP) is -3.03.